The molecule has 1 atom stereocenters. The summed E-state index contributed by atoms with van der Waals surface area (Å²) in [7, 11) is 3.81. The first-order valence-corrected chi connectivity index (χ1v) is 9.36. The number of hydrogen-bond donors (Lipinski definition) is 0. The first kappa shape index (κ1) is 20.2. The Kier molecular flexibility index (Phi) is 7.39. The van der Waals surface area contributed by atoms with E-state index < -0.39 is 0 Å². The molecule has 0 aliphatic carbocycles. The summed E-state index contributed by atoms with van der Waals surface area (Å²) in [6.45, 7) is 11.2. The number of methoxy groups -OCH3 is 1. The number of allylic oxidation sites excluding steroid dienone is 4. The third-order valence-corrected chi connectivity index (χ3v) is 4.84. The molecule has 0 amide bonds. The molecule has 0 radical (unpaired) electrons. The molecule has 0 aromatic rings. The molecule has 2 heterocycles. The number of likely N-dealkylation sites (N-methyl/N-ethyl adjacent to an activating group) is 1. The number of rotatable bonds is 8. The van der Waals surface area contributed by atoms with E-state index in [1.807, 2.05) is 12.4 Å². The van der Waals surface area contributed by atoms with E-state index in [0.717, 1.165) is 48.8 Å². The maximum atomic E-state index is 5.23. The third kappa shape index (κ3) is 4.73. The van der Waals surface area contributed by atoms with Crippen molar-refractivity contribution >= 4 is 11.4 Å². The van der Waals surface area contributed by atoms with Gasteiger partial charge in [0, 0.05) is 51.1 Å². The Bertz CT molecular complexity index is 682. The zero-order chi connectivity index (χ0) is 19.1. The molecule has 0 aromatic heterocycles. The fourth-order valence-corrected chi connectivity index (χ4v) is 3.30. The molecule has 5 heteroatoms. The highest BCUT2D eigenvalue weighted by Gasteiger charge is 2.26. The molecular weight excluding hydrogens is 324 g/mol. The van der Waals surface area contributed by atoms with Gasteiger partial charge in [0.05, 0.1) is 18.0 Å². The van der Waals surface area contributed by atoms with Gasteiger partial charge in [0.15, 0.2) is 0 Å². The number of ether oxygens (including phenoxy) is 1. The zero-order valence-electron chi connectivity index (χ0n) is 17.0. The van der Waals surface area contributed by atoms with Gasteiger partial charge in [-0.25, -0.2) is 0 Å². The molecule has 142 valence electrons. The lowest BCUT2D eigenvalue weighted by atomic mass is 9.98. The predicted molar refractivity (Wildman–Crippen MR) is 111 cm³/mol. The van der Waals surface area contributed by atoms with Crippen LogP contribution < -0.4 is 0 Å². The minimum atomic E-state index is 0.155. The van der Waals surface area contributed by atoms with E-state index in [1.165, 1.54) is 5.70 Å². The van der Waals surface area contributed by atoms with E-state index >= 15 is 0 Å². The average Bonchev–Trinajstić information content (AvgIpc) is 2.63. The second kappa shape index (κ2) is 9.53. The van der Waals surface area contributed by atoms with Crippen LogP contribution in [0.25, 0.3) is 0 Å². The summed E-state index contributed by atoms with van der Waals surface area (Å²) in [6, 6.07) is 0.155. The van der Waals surface area contributed by atoms with Crippen molar-refractivity contribution in [2.75, 3.05) is 33.9 Å². The van der Waals surface area contributed by atoms with Crippen molar-refractivity contribution in [2.24, 2.45) is 9.98 Å². The van der Waals surface area contributed by atoms with Gasteiger partial charge in [-0.05, 0) is 44.9 Å². The van der Waals surface area contributed by atoms with Gasteiger partial charge < -0.3 is 14.5 Å². The molecule has 0 bridgehead atoms. The molecule has 2 aliphatic heterocycles. The molecule has 2 rings (SSSR count). The first-order chi connectivity index (χ1) is 12.5. The Balaban J connectivity index is 2.22. The lowest BCUT2D eigenvalue weighted by Crippen LogP contribution is -2.43. The van der Waals surface area contributed by atoms with Crippen molar-refractivity contribution < 1.29 is 4.74 Å². The lowest BCUT2D eigenvalue weighted by molar-refractivity contribution is 0.165. The molecular formula is C21H32N4O. The van der Waals surface area contributed by atoms with Crippen molar-refractivity contribution in [1.29, 1.82) is 0 Å². The molecule has 0 saturated heterocycles. The van der Waals surface area contributed by atoms with Gasteiger partial charge in [0.25, 0.3) is 0 Å². The van der Waals surface area contributed by atoms with Crippen LogP contribution in [0.4, 0.5) is 0 Å². The zero-order valence-corrected chi connectivity index (χ0v) is 17.0. The summed E-state index contributed by atoms with van der Waals surface area (Å²) in [6.07, 6.45) is 11.3. The second-order valence-corrected chi connectivity index (χ2v) is 6.64. The summed E-state index contributed by atoms with van der Waals surface area (Å²) in [5, 5.41) is 0. The standard InChI is InChI=1S/C21H32N4O/c1-7-18(25(8-2)13-14-26-6)10-9-16(3)19-15-20-21(17(4)23-19)24(5)12-11-22-20/h9-12,15,21H,7-8,13-14H2,1-6H3/b16-9+,18-10+. The molecule has 2 aliphatic rings. The highest BCUT2D eigenvalue weighted by molar-refractivity contribution is 6.18. The SMILES string of the molecule is CC/C(=C\C=C(/C)C1=CC2=NC=CN(C)C2C(C)=N1)N(CC)CCOC. The van der Waals surface area contributed by atoms with Crippen molar-refractivity contribution in [2.45, 2.75) is 40.2 Å². The van der Waals surface area contributed by atoms with Crippen molar-refractivity contribution in [1.82, 2.24) is 9.80 Å². The molecule has 0 aromatic carbocycles. The van der Waals surface area contributed by atoms with Crippen LogP contribution in [0, 0.1) is 0 Å². The largest absolute Gasteiger partial charge is 0.383 e. The Morgan fingerprint density at radius 1 is 1.35 bits per heavy atom. The second-order valence-electron chi connectivity index (χ2n) is 6.64. The Morgan fingerprint density at radius 2 is 2.12 bits per heavy atom. The number of hydrogen-bond acceptors (Lipinski definition) is 5. The van der Waals surface area contributed by atoms with E-state index in [9.17, 15) is 0 Å². The first-order valence-electron chi connectivity index (χ1n) is 9.36. The fourth-order valence-electron chi connectivity index (χ4n) is 3.30. The number of fused-ring (bicyclic) bond motifs is 1. The average molecular weight is 357 g/mol. The summed E-state index contributed by atoms with van der Waals surface area (Å²) in [4.78, 5) is 13.9. The van der Waals surface area contributed by atoms with Gasteiger partial charge >= 0.3 is 0 Å². The molecule has 0 spiro atoms. The molecule has 0 N–H and O–H groups in total. The van der Waals surface area contributed by atoms with E-state index in [0.29, 0.717) is 0 Å². The Morgan fingerprint density at radius 3 is 2.77 bits per heavy atom. The molecule has 0 saturated carbocycles. The van der Waals surface area contributed by atoms with Crippen LogP contribution in [-0.4, -0.2) is 61.1 Å². The van der Waals surface area contributed by atoms with Crippen LogP contribution in [0.2, 0.25) is 0 Å². The number of aliphatic imine (C=N–C) groups is 2. The van der Waals surface area contributed by atoms with Gasteiger partial charge in [0.1, 0.15) is 6.04 Å². The Hall–Kier alpha value is -2.14. The highest BCUT2D eigenvalue weighted by Crippen LogP contribution is 2.22. The van der Waals surface area contributed by atoms with Crippen molar-refractivity contribution in [3.8, 4) is 0 Å². The van der Waals surface area contributed by atoms with Crippen LogP contribution in [0.15, 0.2) is 57.6 Å². The predicted octanol–water partition coefficient (Wildman–Crippen LogP) is 3.78. The van der Waals surface area contributed by atoms with Gasteiger partial charge in [0.2, 0.25) is 0 Å². The normalized spacial score (nSPS) is 20.5. The van der Waals surface area contributed by atoms with Crippen LogP contribution in [-0.2, 0) is 4.74 Å². The van der Waals surface area contributed by atoms with Gasteiger partial charge in [-0.1, -0.05) is 13.0 Å². The highest BCUT2D eigenvalue weighted by atomic mass is 16.5. The van der Waals surface area contributed by atoms with Crippen molar-refractivity contribution in [3.05, 3.63) is 47.6 Å². The molecule has 5 nitrogen and oxygen atoms in total. The fraction of sp³-hybridized carbons (Fsp3) is 0.524. The maximum Gasteiger partial charge on any atom is 0.109 e. The summed E-state index contributed by atoms with van der Waals surface area (Å²) >= 11 is 0. The van der Waals surface area contributed by atoms with Crippen molar-refractivity contribution in [3.63, 3.8) is 0 Å². The van der Waals surface area contributed by atoms with Crippen LogP contribution in [0.5, 0.6) is 0 Å². The molecule has 0 fully saturated rings. The van der Waals surface area contributed by atoms with E-state index in [4.69, 9.17) is 9.73 Å². The number of nitrogens with zero attached hydrogens (tertiary/aromatic N) is 4. The summed E-state index contributed by atoms with van der Waals surface area (Å²) < 4.78 is 5.23. The monoisotopic (exact) mass is 356 g/mol. The van der Waals surface area contributed by atoms with Crippen LogP contribution in [0.3, 0.4) is 0 Å². The van der Waals surface area contributed by atoms with Crippen LogP contribution >= 0.6 is 0 Å². The van der Waals surface area contributed by atoms with Gasteiger partial charge in [-0.3, -0.25) is 9.98 Å². The smallest absolute Gasteiger partial charge is 0.109 e. The van der Waals surface area contributed by atoms with E-state index in [-0.39, 0.29) is 6.04 Å². The minimum absolute atomic E-state index is 0.155. The third-order valence-electron chi connectivity index (χ3n) is 4.84. The van der Waals surface area contributed by atoms with E-state index in [1.54, 1.807) is 7.11 Å². The summed E-state index contributed by atoms with van der Waals surface area (Å²) in [5.74, 6) is 0. The maximum absolute atomic E-state index is 5.23. The Labute approximate surface area is 158 Å². The van der Waals surface area contributed by atoms with Gasteiger partial charge in [-0.2, -0.15) is 0 Å². The molecule has 1 unspecified atom stereocenters. The quantitative estimate of drug-likeness (QED) is 0.622. The lowest BCUT2D eigenvalue weighted by Gasteiger charge is -2.32. The van der Waals surface area contributed by atoms with Gasteiger partial charge in [-0.15, -0.1) is 0 Å². The summed E-state index contributed by atoms with van der Waals surface area (Å²) in [5.41, 5.74) is 5.59. The molecule has 26 heavy (non-hydrogen) atoms. The minimum Gasteiger partial charge on any atom is -0.383 e. The van der Waals surface area contributed by atoms with Crippen LogP contribution in [0.1, 0.15) is 34.1 Å². The van der Waals surface area contributed by atoms with E-state index in [2.05, 4.69) is 67.8 Å². The topological polar surface area (TPSA) is 40.4 Å².